The molecule has 0 aliphatic carbocycles. The minimum absolute atomic E-state index is 0.288. The van der Waals surface area contributed by atoms with Gasteiger partial charge in [0.05, 0.1) is 16.4 Å². The van der Waals surface area contributed by atoms with Gasteiger partial charge in [-0.2, -0.15) is 0 Å². The van der Waals surface area contributed by atoms with Crippen LogP contribution in [0.15, 0.2) is 17.1 Å². The molecule has 0 bridgehead atoms. The molecule has 0 aromatic heterocycles. The lowest BCUT2D eigenvalue weighted by Crippen LogP contribution is -2.53. The smallest absolute Gasteiger partial charge is 0.139 e. The van der Waals surface area contributed by atoms with Crippen LogP contribution in [0.4, 0.5) is 11.4 Å². The van der Waals surface area contributed by atoms with E-state index < -0.39 is 0 Å². The molecular formula is C16H22ClN5. The monoisotopic (exact) mass is 319 g/mol. The molecule has 6 heteroatoms. The Hall–Kier alpha value is -1.74. The summed E-state index contributed by atoms with van der Waals surface area (Å²) in [6.07, 6.45) is 0.360. The highest BCUT2D eigenvalue weighted by Gasteiger charge is 2.28. The second-order valence-electron chi connectivity index (χ2n) is 4.91. The van der Waals surface area contributed by atoms with Gasteiger partial charge in [0.15, 0.2) is 0 Å². The van der Waals surface area contributed by atoms with Crippen molar-refractivity contribution in [3.05, 3.63) is 22.7 Å². The van der Waals surface area contributed by atoms with Crippen molar-refractivity contribution in [3.8, 4) is 11.8 Å². The lowest BCUT2D eigenvalue weighted by atomic mass is 10.1. The minimum Gasteiger partial charge on any atom is -0.348 e. The number of rotatable bonds is 3. The molecule has 1 aliphatic heterocycles. The molecular weight excluding hydrogens is 298 g/mol. The highest BCUT2D eigenvalue weighted by molar-refractivity contribution is 6.32. The zero-order valence-corrected chi connectivity index (χ0v) is 13.7. The first-order valence-electron chi connectivity index (χ1n) is 7.48. The van der Waals surface area contributed by atoms with Crippen LogP contribution in [0.1, 0.15) is 25.8 Å². The van der Waals surface area contributed by atoms with Crippen molar-refractivity contribution in [2.75, 3.05) is 29.9 Å². The molecule has 0 saturated heterocycles. The van der Waals surface area contributed by atoms with Gasteiger partial charge in [0.25, 0.3) is 0 Å². The third-order valence-corrected chi connectivity index (χ3v) is 3.75. The van der Waals surface area contributed by atoms with Gasteiger partial charge in [-0.3, -0.25) is 4.99 Å². The number of nitrogens with two attached hydrogens (primary N) is 2. The molecule has 0 spiro atoms. The topological polar surface area (TPSA) is 79.7 Å². The third-order valence-electron chi connectivity index (χ3n) is 3.44. The third kappa shape index (κ3) is 3.36. The number of aliphatic imine (C=N–C) groups is 1. The Balaban J connectivity index is 2.46. The number of hydrogen-bond donors (Lipinski definition) is 3. The van der Waals surface area contributed by atoms with Crippen LogP contribution in [0.5, 0.6) is 0 Å². The standard InChI is InChI=1S/C16H22ClN5/c1-3-20-16-15(19)22(4-2)14-9-11(7-5-6-8-18)12(17)10-13(14)21-16/h9-10,15H,3-4,6,8,18-19H2,1-2H3,(H,20,21). The second kappa shape index (κ2) is 7.50. The van der Waals surface area contributed by atoms with Crippen LogP contribution in [-0.4, -0.2) is 31.6 Å². The number of benzene rings is 1. The van der Waals surface area contributed by atoms with E-state index in [0.29, 0.717) is 24.5 Å². The number of amidine groups is 1. The van der Waals surface area contributed by atoms with E-state index in [-0.39, 0.29) is 6.17 Å². The molecule has 118 valence electrons. The number of nitrogens with zero attached hydrogens (tertiary/aromatic N) is 2. The molecule has 1 atom stereocenters. The summed E-state index contributed by atoms with van der Waals surface area (Å²) in [5.41, 5.74) is 14.4. The number of likely N-dealkylation sites (N-methyl/N-ethyl adjacent to an activating group) is 1. The lowest BCUT2D eigenvalue weighted by molar-refractivity contribution is 0.747. The Labute approximate surface area is 136 Å². The van der Waals surface area contributed by atoms with Gasteiger partial charge in [-0.1, -0.05) is 23.4 Å². The molecule has 1 aliphatic rings. The van der Waals surface area contributed by atoms with E-state index in [1.807, 2.05) is 19.1 Å². The SMILES string of the molecule is CCN=C1Nc2cc(Cl)c(C#CCCN)cc2N(CC)C1N. The number of fused-ring (bicyclic) bond motifs is 1. The number of nitrogens with one attached hydrogen (secondary N) is 1. The van der Waals surface area contributed by atoms with Crippen LogP contribution in [0, 0.1) is 11.8 Å². The van der Waals surface area contributed by atoms with E-state index in [9.17, 15) is 0 Å². The van der Waals surface area contributed by atoms with Gasteiger partial charge in [0, 0.05) is 31.6 Å². The van der Waals surface area contributed by atoms with Crippen molar-refractivity contribution in [2.45, 2.75) is 26.4 Å². The first-order chi connectivity index (χ1) is 10.6. The quantitative estimate of drug-likeness (QED) is 0.744. The predicted octanol–water partition coefficient (Wildman–Crippen LogP) is 2.00. The molecule has 0 saturated carbocycles. The van der Waals surface area contributed by atoms with Gasteiger partial charge >= 0.3 is 0 Å². The summed E-state index contributed by atoms with van der Waals surface area (Å²) in [4.78, 5) is 6.52. The van der Waals surface area contributed by atoms with Crippen molar-refractivity contribution in [2.24, 2.45) is 16.5 Å². The first-order valence-corrected chi connectivity index (χ1v) is 7.86. The summed E-state index contributed by atoms with van der Waals surface area (Å²) in [7, 11) is 0. The number of anilines is 2. The van der Waals surface area contributed by atoms with E-state index in [4.69, 9.17) is 23.1 Å². The molecule has 1 heterocycles. The fraction of sp³-hybridized carbons (Fsp3) is 0.438. The summed E-state index contributed by atoms with van der Waals surface area (Å²) >= 11 is 6.33. The van der Waals surface area contributed by atoms with Crippen molar-refractivity contribution >= 4 is 28.8 Å². The summed E-state index contributed by atoms with van der Waals surface area (Å²) in [6, 6.07) is 3.85. The van der Waals surface area contributed by atoms with Gasteiger partial charge in [0.2, 0.25) is 0 Å². The van der Waals surface area contributed by atoms with Crippen LogP contribution in [-0.2, 0) is 0 Å². The van der Waals surface area contributed by atoms with Crippen molar-refractivity contribution in [1.29, 1.82) is 0 Å². The molecule has 0 fully saturated rings. The number of halogens is 1. The average molecular weight is 320 g/mol. The Kier molecular flexibility index (Phi) is 5.67. The Morgan fingerprint density at radius 1 is 1.41 bits per heavy atom. The van der Waals surface area contributed by atoms with Crippen LogP contribution in [0.25, 0.3) is 0 Å². The average Bonchev–Trinajstić information content (AvgIpc) is 2.50. The molecule has 22 heavy (non-hydrogen) atoms. The molecule has 1 unspecified atom stereocenters. The maximum absolute atomic E-state index is 6.33. The molecule has 0 radical (unpaired) electrons. The zero-order chi connectivity index (χ0) is 16.1. The van der Waals surface area contributed by atoms with Crippen molar-refractivity contribution in [3.63, 3.8) is 0 Å². The lowest BCUT2D eigenvalue weighted by Gasteiger charge is -2.37. The largest absolute Gasteiger partial charge is 0.348 e. The Morgan fingerprint density at radius 3 is 2.82 bits per heavy atom. The fourth-order valence-corrected chi connectivity index (χ4v) is 2.62. The van der Waals surface area contributed by atoms with Gasteiger partial charge in [-0.25, -0.2) is 0 Å². The normalized spacial score (nSPS) is 18.5. The van der Waals surface area contributed by atoms with E-state index in [1.54, 1.807) is 0 Å². The van der Waals surface area contributed by atoms with Crippen molar-refractivity contribution in [1.82, 2.24) is 0 Å². The maximum atomic E-state index is 6.33. The molecule has 5 N–H and O–H groups in total. The van der Waals surface area contributed by atoms with Gasteiger partial charge < -0.3 is 21.7 Å². The summed E-state index contributed by atoms with van der Waals surface area (Å²) in [6.45, 7) is 6.04. The molecule has 5 nitrogen and oxygen atoms in total. The van der Waals surface area contributed by atoms with Gasteiger partial charge in [0.1, 0.15) is 12.0 Å². The molecule has 1 aromatic carbocycles. The van der Waals surface area contributed by atoms with E-state index in [0.717, 1.165) is 29.3 Å². The van der Waals surface area contributed by atoms with Crippen LogP contribution in [0.3, 0.4) is 0 Å². The van der Waals surface area contributed by atoms with Crippen LogP contribution < -0.4 is 21.7 Å². The molecule has 1 aromatic rings. The summed E-state index contributed by atoms with van der Waals surface area (Å²) in [5, 5.41) is 3.89. The highest BCUT2D eigenvalue weighted by atomic mass is 35.5. The molecule has 2 rings (SSSR count). The number of hydrogen-bond acceptors (Lipinski definition) is 4. The van der Waals surface area contributed by atoms with E-state index in [2.05, 4.69) is 34.0 Å². The van der Waals surface area contributed by atoms with E-state index >= 15 is 0 Å². The Bertz CT molecular complexity index is 629. The maximum Gasteiger partial charge on any atom is 0.139 e. The van der Waals surface area contributed by atoms with E-state index in [1.165, 1.54) is 0 Å². The predicted molar refractivity (Wildman–Crippen MR) is 94.6 cm³/mol. The molecule has 0 amide bonds. The minimum atomic E-state index is -0.288. The highest BCUT2D eigenvalue weighted by Crippen LogP contribution is 2.35. The van der Waals surface area contributed by atoms with Crippen LogP contribution in [0.2, 0.25) is 5.02 Å². The summed E-state index contributed by atoms with van der Waals surface area (Å²) < 4.78 is 0. The summed E-state index contributed by atoms with van der Waals surface area (Å²) in [5.74, 6) is 6.85. The zero-order valence-electron chi connectivity index (χ0n) is 13.0. The van der Waals surface area contributed by atoms with Crippen molar-refractivity contribution < 1.29 is 0 Å². The Morgan fingerprint density at radius 2 is 2.18 bits per heavy atom. The van der Waals surface area contributed by atoms with Gasteiger partial charge in [-0.05, 0) is 26.0 Å². The van der Waals surface area contributed by atoms with Crippen LogP contribution >= 0.6 is 11.6 Å². The first kappa shape index (κ1) is 16.6. The second-order valence-corrected chi connectivity index (χ2v) is 5.31. The fourth-order valence-electron chi connectivity index (χ4n) is 2.41. The van der Waals surface area contributed by atoms with Gasteiger partial charge in [-0.15, -0.1) is 0 Å².